The molecule has 0 amide bonds. The Labute approximate surface area is 116 Å². The molecule has 100 valence electrons. The summed E-state index contributed by atoms with van der Waals surface area (Å²) in [5.41, 5.74) is -0.699. The van der Waals surface area contributed by atoms with Crippen LogP contribution in [0.3, 0.4) is 0 Å². The SMILES string of the molecule is O=c1[nH]nc(-c2ccc(S(=O)(=O)Cl)cc2)c(Cl)c1F. The van der Waals surface area contributed by atoms with Gasteiger partial charge in [0.1, 0.15) is 10.7 Å². The number of benzene rings is 1. The molecule has 1 aromatic heterocycles. The number of hydrogen-bond acceptors (Lipinski definition) is 4. The van der Waals surface area contributed by atoms with Crippen LogP contribution in [0.25, 0.3) is 11.3 Å². The lowest BCUT2D eigenvalue weighted by molar-refractivity contribution is 0.602. The van der Waals surface area contributed by atoms with Gasteiger partial charge in [-0.25, -0.2) is 13.5 Å². The standard InChI is InChI=1S/C10H5Cl2FN2O3S/c11-7-8(13)10(16)15-14-9(7)5-1-3-6(4-2-5)19(12,17)18/h1-4H,(H,15,16). The second kappa shape index (κ2) is 4.92. The molecule has 1 heterocycles. The minimum Gasteiger partial charge on any atom is -0.265 e. The van der Waals surface area contributed by atoms with Crippen molar-refractivity contribution < 1.29 is 12.8 Å². The first-order valence-electron chi connectivity index (χ1n) is 4.79. The molecule has 19 heavy (non-hydrogen) atoms. The molecule has 5 nitrogen and oxygen atoms in total. The first kappa shape index (κ1) is 14.0. The lowest BCUT2D eigenvalue weighted by Crippen LogP contribution is -2.13. The van der Waals surface area contributed by atoms with Crippen molar-refractivity contribution in [2.45, 2.75) is 4.90 Å². The summed E-state index contributed by atoms with van der Waals surface area (Å²) < 4.78 is 35.4. The monoisotopic (exact) mass is 322 g/mol. The van der Waals surface area contributed by atoms with Crippen LogP contribution in [0.5, 0.6) is 0 Å². The molecule has 2 aromatic rings. The van der Waals surface area contributed by atoms with E-state index in [-0.39, 0.29) is 10.6 Å². The van der Waals surface area contributed by atoms with Gasteiger partial charge < -0.3 is 0 Å². The molecule has 0 unspecified atom stereocenters. The Hall–Kier alpha value is -1.44. The predicted octanol–water partition coefficient (Wildman–Crippen LogP) is 2.16. The van der Waals surface area contributed by atoms with E-state index in [1.807, 2.05) is 5.10 Å². The molecule has 0 spiro atoms. The molecule has 0 aliphatic rings. The average Bonchev–Trinajstić information content (AvgIpc) is 2.35. The smallest absolute Gasteiger partial charge is 0.265 e. The summed E-state index contributed by atoms with van der Waals surface area (Å²) in [7, 11) is 1.32. The van der Waals surface area contributed by atoms with E-state index < -0.39 is 25.4 Å². The fourth-order valence-electron chi connectivity index (χ4n) is 1.38. The second-order valence-electron chi connectivity index (χ2n) is 3.49. The zero-order chi connectivity index (χ0) is 14.2. The van der Waals surface area contributed by atoms with Gasteiger partial charge in [-0.2, -0.15) is 9.49 Å². The molecule has 0 bridgehead atoms. The average molecular weight is 323 g/mol. The number of nitrogens with one attached hydrogen (secondary N) is 1. The number of rotatable bonds is 2. The maximum atomic E-state index is 13.3. The van der Waals surface area contributed by atoms with Crippen molar-refractivity contribution >= 4 is 31.3 Å². The Kier molecular flexibility index (Phi) is 3.62. The van der Waals surface area contributed by atoms with Crippen molar-refractivity contribution in [1.82, 2.24) is 10.2 Å². The van der Waals surface area contributed by atoms with E-state index in [1.165, 1.54) is 24.3 Å². The number of aromatic nitrogens is 2. The van der Waals surface area contributed by atoms with Crippen LogP contribution in [-0.2, 0) is 9.05 Å². The van der Waals surface area contributed by atoms with Crippen LogP contribution in [0.15, 0.2) is 34.0 Å². The third kappa shape index (κ3) is 2.78. The van der Waals surface area contributed by atoms with Crippen LogP contribution in [0.2, 0.25) is 5.02 Å². The van der Waals surface area contributed by atoms with Gasteiger partial charge in [-0.3, -0.25) is 4.79 Å². The van der Waals surface area contributed by atoms with Crippen molar-refractivity contribution in [2.24, 2.45) is 0 Å². The summed E-state index contributed by atoms with van der Waals surface area (Å²) in [5, 5.41) is 5.11. The van der Waals surface area contributed by atoms with Crippen LogP contribution < -0.4 is 5.56 Å². The first-order valence-corrected chi connectivity index (χ1v) is 7.48. The van der Waals surface area contributed by atoms with E-state index >= 15 is 0 Å². The quantitative estimate of drug-likeness (QED) is 0.859. The molecule has 1 N–H and O–H groups in total. The van der Waals surface area contributed by atoms with Gasteiger partial charge in [-0.05, 0) is 12.1 Å². The predicted molar refractivity (Wildman–Crippen MR) is 68.3 cm³/mol. The highest BCUT2D eigenvalue weighted by Gasteiger charge is 2.15. The lowest BCUT2D eigenvalue weighted by atomic mass is 10.1. The second-order valence-corrected chi connectivity index (χ2v) is 6.44. The third-order valence-corrected chi connectivity index (χ3v) is 3.99. The molecule has 0 aliphatic carbocycles. The van der Waals surface area contributed by atoms with Gasteiger partial charge in [-0.1, -0.05) is 23.7 Å². The van der Waals surface area contributed by atoms with E-state index in [4.69, 9.17) is 22.3 Å². The summed E-state index contributed by atoms with van der Waals surface area (Å²) in [6.07, 6.45) is 0. The van der Waals surface area contributed by atoms with Gasteiger partial charge in [0.15, 0.2) is 0 Å². The number of nitrogens with zero attached hydrogens (tertiary/aromatic N) is 1. The maximum absolute atomic E-state index is 13.3. The van der Waals surface area contributed by atoms with Crippen molar-refractivity contribution in [3.05, 3.63) is 45.5 Å². The van der Waals surface area contributed by atoms with E-state index in [9.17, 15) is 17.6 Å². The number of hydrogen-bond donors (Lipinski definition) is 1. The minimum absolute atomic E-state index is 0.00251. The van der Waals surface area contributed by atoms with E-state index in [1.54, 1.807) is 0 Å². The molecule has 0 saturated carbocycles. The summed E-state index contributed by atoms with van der Waals surface area (Å²) in [5.74, 6) is -1.15. The zero-order valence-electron chi connectivity index (χ0n) is 9.02. The Morgan fingerprint density at radius 2 is 1.79 bits per heavy atom. The Morgan fingerprint density at radius 1 is 1.21 bits per heavy atom. The molecular formula is C10H5Cl2FN2O3S. The van der Waals surface area contributed by atoms with E-state index in [0.717, 1.165) is 0 Å². The maximum Gasteiger partial charge on any atom is 0.301 e. The van der Waals surface area contributed by atoms with Gasteiger partial charge in [0, 0.05) is 16.2 Å². The van der Waals surface area contributed by atoms with Crippen LogP contribution in [0.1, 0.15) is 0 Å². The molecule has 0 aliphatic heterocycles. The summed E-state index contributed by atoms with van der Waals surface area (Å²) in [6, 6.07) is 5.14. The molecule has 2 rings (SSSR count). The molecule has 9 heteroatoms. The Morgan fingerprint density at radius 3 is 2.32 bits per heavy atom. The zero-order valence-corrected chi connectivity index (χ0v) is 11.4. The molecule has 0 radical (unpaired) electrons. The lowest BCUT2D eigenvalue weighted by Gasteiger charge is -2.04. The highest BCUT2D eigenvalue weighted by Crippen LogP contribution is 2.27. The fourth-order valence-corrected chi connectivity index (χ4v) is 2.38. The highest BCUT2D eigenvalue weighted by atomic mass is 35.7. The molecular weight excluding hydrogens is 318 g/mol. The van der Waals surface area contributed by atoms with Crippen LogP contribution in [0.4, 0.5) is 4.39 Å². The van der Waals surface area contributed by atoms with E-state index in [2.05, 4.69) is 5.10 Å². The van der Waals surface area contributed by atoms with Crippen LogP contribution in [0, 0.1) is 5.82 Å². The van der Waals surface area contributed by atoms with Gasteiger partial charge in [0.2, 0.25) is 5.82 Å². The number of halogens is 3. The van der Waals surface area contributed by atoms with Gasteiger partial charge >= 0.3 is 5.56 Å². The minimum atomic E-state index is -3.84. The van der Waals surface area contributed by atoms with E-state index in [0.29, 0.717) is 5.56 Å². The molecule has 0 atom stereocenters. The molecule has 1 aromatic carbocycles. The summed E-state index contributed by atoms with van der Waals surface area (Å²) in [4.78, 5) is 10.8. The number of H-pyrrole nitrogens is 1. The largest absolute Gasteiger partial charge is 0.301 e. The normalized spacial score (nSPS) is 11.5. The van der Waals surface area contributed by atoms with Crippen LogP contribution >= 0.6 is 22.3 Å². The van der Waals surface area contributed by atoms with Gasteiger partial charge in [0.05, 0.1) is 4.90 Å². The Balaban J connectivity index is 2.55. The first-order chi connectivity index (χ1) is 8.80. The summed E-state index contributed by atoms with van der Waals surface area (Å²) in [6.45, 7) is 0. The third-order valence-electron chi connectivity index (χ3n) is 2.28. The van der Waals surface area contributed by atoms with Crippen molar-refractivity contribution in [3.63, 3.8) is 0 Å². The molecule has 0 fully saturated rings. The van der Waals surface area contributed by atoms with Crippen molar-refractivity contribution in [2.75, 3.05) is 0 Å². The van der Waals surface area contributed by atoms with Crippen LogP contribution in [-0.4, -0.2) is 18.6 Å². The van der Waals surface area contributed by atoms with Crippen molar-refractivity contribution in [3.8, 4) is 11.3 Å². The van der Waals surface area contributed by atoms with Gasteiger partial charge in [0.25, 0.3) is 9.05 Å². The number of aromatic amines is 1. The Bertz CT molecular complexity index is 787. The molecule has 0 saturated heterocycles. The van der Waals surface area contributed by atoms with Gasteiger partial charge in [-0.15, -0.1) is 0 Å². The highest BCUT2D eigenvalue weighted by molar-refractivity contribution is 8.13. The summed E-state index contributed by atoms with van der Waals surface area (Å²) >= 11 is 5.66. The fraction of sp³-hybridized carbons (Fsp3) is 0. The topological polar surface area (TPSA) is 79.9 Å². The van der Waals surface area contributed by atoms with Crippen molar-refractivity contribution in [1.29, 1.82) is 0 Å².